The van der Waals surface area contributed by atoms with Gasteiger partial charge in [0.15, 0.2) is 5.75 Å². The van der Waals surface area contributed by atoms with E-state index in [1.54, 1.807) is 24.1 Å². The van der Waals surface area contributed by atoms with Gasteiger partial charge in [0.25, 0.3) is 0 Å². The zero-order valence-corrected chi connectivity index (χ0v) is 12.5. The summed E-state index contributed by atoms with van der Waals surface area (Å²) in [5.74, 6) is 0.116. The summed E-state index contributed by atoms with van der Waals surface area (Å²) in [5.41, 5.74) is 7.25. The van der Waals surface area contributed by atoms with Crippen molar-refractivity contribution in [3.05, 3.63) is 41.7 Å². The van der Waals surface area contributed by atoms with Crippen molar-refractivity contribution in [1.82, 2.24) is 19.7 Å². The lowest BCUT2D eigenvalue weighted by Crippen LogP contribution is -2.24. The Morgan fingerprint density at radius 3 is 2.81 bits per heavy atom. The molecule has 1 unspecified atom stereocenters. The maximum absolute atomic E-state index is 13.9. The molecule has 0 amide bonds. The van der Waals surface area contributed by atoms with E-state index in [1.165, 1.54) is 6.20 Å². The highest BCUT2D eigenvalue weighted by Gasteiger charge is 2.22. The molecule has 2 aromatic rings. The fourth-order valence-electron chi connectivity index (χ4n) is 2.11. The van der Waals surface area contributed by atoms with E-state index in [0.29, 0.717) is 23.6 Å². The van der Waals surface area contributed by atoms with Crippen molar-refractivity contribution in [2.45, 2.75) is 12.6 Å². The summed E-state index contributed by atoms with van der Waals surface area (Å²) in [5, 5.41) is 4.28. The molecule has 2 rings (SSSR count). The van der Waals surface area contributed by atoms with Gasteiger partial charge < -0.3 is 15.4 Å². The number of hydrogen-bond donors (Lipinski definition) is 1. The first-order chi connectivity index (χ1) is 10.0. The van der Waals surface area contributed by atoms with Crippen LogP contribution >= 0.6 is 0 Å². The largest absolute Gasteiger partial charge is 0.493 e. The summed E-state index contributed by atoms with van der Waals surface area (Å²) >= 11 is 0. The number of methoxy groups -OCH3 is 1. The van der Waals surface area contributed by atoms with Gasteiger partial charge in [0.2, 0.25) is 0 Å². The molecular formula is C14H20FN5O. The molecule has 2 N–H and O–H groups in total. The normalized spacial score (nSPS) is 12.7. The van der Waals surface area contributed by atoms with Crippen LogP contribution in [0.5, 0.6) is 5.75 Å². The predicted molar refractivity (Wildman–Crippen MR) is 77.6 cm³/mol. The van der Waals surface area contributed by atoms with E-state index in [9.17, 15) is 4.39 Å². The van der Waals surface area contributed by atoms with E-state index in [0.717, 1.165) is 12.7 Å². The Balaban J connectivity index is 2.36. The van der Waals surface area contributed by atoms with E-state index >= 15 is 0 Å². The second-order valence-corrected chi connectivity index (χ2v) is 5.00. The molecule has 0 aromatic carbocycles. The molecule has 0 radical (unpaired) electrons. The van der Waals surface area contributed by atoms with Gasteiger partial charge >= 0.3 is 0 Å². The first-order valence-electron chi connectivity index (χ1n) is 6.64. The van der Waals surface area contributed by atoms with Gasteiger partial charge in [-0.15, -0.1) is 0 Å². The van der Waals surface area contributed by atoms with Gasteiger partial charge in [-0.1, -0.05) is 0 Å². The predicted octanol–water partition coefficient (Wildman–Crippen LogP) is 1.04. The van der Waals surface area contributed by atoms with Crippen LogP contribution in [0.2, 0.25) is 0 Å². The SMILES string of the molecule is COc1cnn(CCN(C)C)c1C(N)c1ccncc1F. The maximum Gasteiger partial charge on any atom is 0.161 e. The van der Waals surface area contributed by atoms with Crippen molar-refractivity contribution in [2.24, 2.45) is 5.73 Å². The highest BCUT2D eigenvalue weighted by molar-refractivity contribution is 5.35. The first-order valence-corrected chi connectivity index (χ1v) is 6.64. The lowest BCUT2D eigenvalue weighted by molar-refractivity contribution is 0.363. The van der Waals surface area contributed by atoms with E-state index < -0.39 is 11.9 Å². The van der Waals surface area contributed by atoms with Gasteiger partial charge in [-0.3, -0.25) is 9.67 Å². The van der Waals surface area contributed by atoms with Crippen LogP contribution in [0, 0.1) is 5.82 Å². The molecule has 0 saturated carbocycles. The van der Waals surface area contributed by atoms with Crippen molar-refractivity contribution in [3.63, 3.8) is 0 Å². The fraction of sp³-hybridized carbons (Fsp3) is 0.429. The van der Waals surface area contributed by atoms with Gasteiger partial charge in [0.05, 0.1) is 32.1 Å². The van der Waals surface area contributed by atoms with Crippen molar-refractivity contribution >= 4 is 0 Å². The third-order valence-corrected chi connectivity index (χ3v) is 3.26. The summed E-state index contributed by atoms with van der Waals surface area (Å²) in [7, 11) is 5.50. The average Bonchev–Trinajstić information content (AvgIpc) is 2.87. The number of pyridine rings is 1. The van der Waals surface area contributed by atoms with Gasteiger partial charge in [-0.05, 0) is 20.2 Å². The quantitative estimate of drug-likeness (QED) is 0.861. The molecule has 2 heterocycles. The number of ether oxygens (including phenoxy) is 1. The molecule has 21 heavy (non-hydrogen) atoms. The molecule has 1 atom stereocenters. The monoisotopic (exact) mass is 293 g/mol. The Morgan fingerprint density at radius 2 is 2.19 bits per heavy atom. The van der Waals surface area contributed by atoms with Crippen LogP contribution < -0.4 is 10.5 Å². The molecule has 7 heteroatoms. The molecular weight excluding hydrogens is 273 g/mol. The van der Waals surface area contributed by atoms with Crippen LogP contribution in [-0.2, 0) is 6.54 Å². The second kappa shape index (κ2) is 6.64. The summed E-state index contributed by atoms with van der Waals surface area (Å²) in [6.07, 6.45) is 4.28. The molecule has 0 aliphatic heterocycles. The topological polar surface area (TPSA) is 69.2 Å². The van der Waals surface area contributed by atoms with Crippen LogP contribution in [0.1, 0.15) is 17.3 Å². The lowest BCUT2D eigenvalue weighted by atomic mass is 10.1. The van der Waals surface area contributed by atoms with Crippen molar-refractivity contribution in [3.8, 4) is 5.75 Å². The smallest absolute Gasteiger partial charge is 0.161 e. The molecule has 0 saturated heterocycles. The summed E-state index contributed by atoms with van der Waals surface area (Å²) in [6.45, 7) is 1.44. The number of rotatable bonds is 6. The van der Waals surface area contributed by atoms with Gasteiger partial charge in [0, 0.05) is 18.3 Å². The fourth-order valence-corrected chi connectivity index (χ4v) is 2.11. The molecule has 0 spiro atoms. The summed E-state index contributed by atoms with van der Waals surface area (Å²) in [6, 6.07) is 0.913. The summed E-state index contributed by atoms with van der Waals surface area (Å²) in [4.78, 5) is 5.78. The molecule has 114 valence electrons. The van der Waals surface area contributed by atoms with Gasteiger partial charge in [-0.2, -0.15) is 5.10 Å². The zero-order chi connectivity index (χ0) is 15.4. The van der Waals surface area contributed by atoms with Crippen molar-refractivity contribution in [1.29, 1.82) is 0 Å². The Morgan fingerprint density at radius 1 is 1.43 bits per heavy atom. The Kier molecular flexibility index (Phi) is 4.87. The van der Waals surface area contributed by atoms with E-state index in [-0.39, 0.29) is 0 Å². The Bertz CT molecular complexity index is 599. The molecule has 0 bridgehead atoms. The minimum absolute atomic E-state index is 0.370. The molecule has 0 aliphatic rings. The average molecular weight is 293 g/mol. The highest BCUT2D eigenvalue weighted by Crippen LogP contribution is 2.29. The third-order valence-electron chi connectivity index (χ3n) is 3.26. The maximum atomic E-state index is 13.9. The minimum atomic E-state index is -0.660. The van der Waals surface area contributed by atoms with Crippen LogP contribution in [0.25, 0.3) is 0 Å². The highest BCUT2D eigenvalue weighted by atomic mass is 19.1. The minimum Gasteiger partial charge on any atom is -0.493 e. The number of halogens is 1. The van der Waals surface area contributed by atoms with Crippen LogP contribution in [0.3, 0.4) is 0 Å². The first kappa shape index (κ1) is 15.4. The summed E-state index contributed by atoms with van der Waals surface area (Å²) < 4.78 is 20.9. The molecule has 2 aromatic heterocycles. The zero-order valence-electron chi connectivity index (χ0n) is 12.5. The second-order valence-electron chi connectivity index (χ2n) is 5.00. The standard InChI is InChI=1S/C14H20FN5O/c1-19(2)6-7-20-14(12(21-3)9-18-20)13(16)10-4-5-17-8-11(10)15/h4-5,8-9,13H,6-7,16H2,1-3H3. The van der Waals surface area contributed by atoms with Crippen LogP contribution in [-0.4, -0.2) is 47.4 Å². The van der Waals surface area contributed by atoms with Gasteiger partial charge in [0.1, 0.15) is 11.5 Å². The number of likely N-dealkylation sites (N-methyl/N-ethyl adjacent to an activating group) is 1. The molecule has 6 nitrogen and oxygen atoms in total. The Hall–Kier alpha value is -1.99. The molecule has 0 aliphatic carbocycles. The van der Waals surface area contributed by atoms with Crippen molar-refractivity contribution in [2.75, 3.05) is 27.7 Å². The Labute approximate surface area is 123 Å². The van der Waals surface area contributed by atoms with E-state index in [1.807, 2.05) is 19.0 Å². The number of hydrogen-bond acceptors (Lipinski definition) is 5. The van der Waals surface area contributed by atoms with E-state index in [2.05, 4.69) is 10.1 Å². The van der Waals surface area contributed by atoms with Crippen LogP contribution in [0.4, 0.5) is 4.39 Å². The van der Waals surface area contributed by atoms with Crippen LogP contribution in [0.15, 0.2) is 24.7 Å². The number of nitrogens with zero attached hydrogens (tertiary/aromatic N) is 4. The van der Waals surface area contributed by atoms with Gasteiger partial charge in [-0.25, -0.2) is 4.39 Å². The number of aromatic nitrogens is 3. The van der Waals surface area contributed by atoms with E-state index in [4.69, 9.17) is 10.5 Å². The lowest BCUT2D eigenvalue weighted by Gasteiger charge is -2.18. The number of nitrogens with two attached hydrogens (primary N) is 1. The molecule has 0 fully saturated rings. The third kappa shape index (κ3) is 3.37. The van der Waals surface area contributed by atoms with Crippen molar-refractivity contribution < 1.29 is 9.13 Å².